The van der Waals surface area contributed by atoms with Crippen molar-refractivity contribution in [2.45, 2.75) is 18.9 Å². The SMILES string of the molecule is O=C(OCC1CCCO1)c1nn(-c2cc(F)ccc2F)c(-c2ccc(F)cc2)c1Br. The summed E-state index contributed by atoms with van der Waals surface area (Å²) in [5, 5.41) is 4.18. The van der Waals surface area contributed by atoms with Crippen LogP contribution in [0, 0.1) is 17.5 Å². The molecule has 0 bridgehead atoms. The fraction of sp³-hybridized carbons (Fsp3) is 0.238. The van der Waals surface area contributed by atoms with Crippen LogP contribution in [0.15, 0.2) is 46.9 Å². The van der Waals surface area contributed by atoms with Crippen molar-refractivity contribution < 1.29 is 27.4 Å². The number of aromatic nitrogens is 2. The Kier molecular flexibility index (Phi) is 5.92. The molecule has 1 aromatic heterocycles. The largest absolute Gasteiger partial charge is 0.458 e. The number of carbonyl (C=O) groups is 1. The summed E-state index contributed by atoms with van der Waals surface area (Å²) in [5.74, 6) is -2.62. The van der Waals surface area contributed by atoms with E-state index in [2.05, 4.69) is 21.0 Å². The number of hydrogen-bond donors (Lipinski definition) is 0. The fourth-order valence-electron chi connectivity index (χ4n) is 3.22. The minimum atomic E-state index is -0.742. The molecule has 0 radical (unpaired) electrons. The number of esters is 1. The quantitative estimate of drug-likeness (QED) is 0.479. The molecule has 1 atom stereocenters. The zero-order valence-electron chi connectivity index (χ0n) is 15.6. The van der Waals surface area contributed by atoms with Gasteiger partial charge in [-0.05, 0) is 65.2 Å². The number of benzene rings is 2. The minimum absolute atomic E-state index is 0.0678. The van der Waals surface area contributed by atoms with Gasteiger partial charge in [-0.15, -0.1) is 0 Å². The van der Waals surface area contributed by atoms with E-state index in [1.165, 1.54) is 24.3 Å². The molecule has 3 aromatic rings. The lowest BCUT2D eigenvalue weighted by molar-refractivity contribution is 0.0155. The lowest BCUT2D eigenvalue weighted by Crippen LogP contribution is -2.18. The van der Waals surface area contributed by atoms with Gasteiger partial charge in [-0.25, -0.2) is 22.6 Å². The molecular formula is C21H16BrF3N2O3. The van der Waals surface area contributed by atoms with E-state index in [4.69, 9.17) is 9.47 Å². The van der Waals surface area contributed by atoms with Gasteiger partial charge in [-0.1, -0.05) is 0 Å². The Morgan fingerprint density at radius 2 is 1.90 bits per heavy atom. The summed E-state index contributed by atoms with van der Waals surface area (Å²) in [6, 6.07) is 8.24. The standard InChI is InChI=1S/C21H16BrF3N2O3/c22-18-19(21(28)30-11-15-2-1-9-29-15)26-27(17-10-14(24)7-8-16(17)25)20(18)12-3-5-13(23)6-4-12/h3-8,10,15H,1-2,9,11H2. The molecule has 156 valence electrons. The first-order chi connectivity index (χ1) is 14.4. The van der Waals surface area contributed by atoms with E-state index in [-0.39, 0.29) is 34.3 Å². The fourth-order valence-corrected chi connectivity index (χ4v) is 3.86. The molecule has 2 heterocycles. The molecule has 0 spiro atoms. The zero-order valence-corrected chi connectivity index (χ0v) is 17.2. The average Bonchev–Trinajstić information content (AvgIpc) is 3.37. The van der Waals surface area contributed by atoms with Crippen molar-refractivity contribution in [2.75, 3.05) is 13.2 Å². The second-order valence-corrected chi connectivity index (χ2v) is 7.55. The number of halogens is 4. The van der Waals surface area contributed by atoms with Gasteiger partial charge in [0.1, 0.15) is 29.7 Å². The van der Waals surface area contributed by atoms with E-state index in [1.807, 2.05) is 0 Å². The summed E-state index contributed by atoms with van der Waals surface area (Å²) in [7, 11) is 0. The molecule has 1 unspecified atom stereocenters. The van der Waals surface area contributed by atoms with Crippen LogP contribution in [0.25, 0.3) is 16.9 Å². The summed E-state index contributed by atoms with van der Waals surface area (Å²) in [4.78, 5) is 12.6. The highest BCUT2D eigenvalue weighted by Crippen LogP contribution is 2.34. The molecule has 1 aliphatic heterocycles. The second kappa shape index (κ2) is 8.61. The maximum Gasteiger partial charge on any atom is 0.360 e. The van der Waals surface area contributed by atoms with Crippen molar-refractivity contribution >= 4 is 21.9 Å². The lowest BCUT2D eigenvalue weighted by atomic mass is 10.1. The molecule has 0 saturated carbocycles. The maximum absolute atomic E-state index is 14.5. The molecular weight excluding hydrogens is 465 g/mol. The van der Waals surface area contributed by atoms with Crippen LogP contribution in [-0.4, -0.2) is 35.1 Å². The van der Waals surface area contributed by atoms with Gasteiger partial charge in [-0.2, -0.15) is 5.10 Å². The summed E-state index contributed by atoms with van der Waals surface area (Å²) in [6.45, 7) is 0.687. The summed E-state index contributed by atoms with van der Waals surface area (Å²) >= 11 is 3.33. The molecule has 4 rings (SSSR count). The van der Waals surface area contributed by atoms with Gasteiger partial charge in [0.15, 0.2) is 5.69 Å². The molecule has 0 N–H and O–H groups in total. The van der Waals surface area contributed by atoms with Crippen molar-refractivity contribution in [3.63, 3.8) is 0 Å². The first-order valence-corrected chi connectivity index (χ1v) is 10.0. The molecule has 30 heavy (non-hydrogen) atoms. The van der Waals surface area contributed by atoms with Crippen LogP contribution in [0.3, 0.4) is 0 Å². The Morgan fingerprint density at radius 3 is 2.60 bits per heavy atom. The van der Waals surface area contributed by atoms with Crippen molar-refractivity contribution in [2.24, 2.45) is 0 Å². The van der Waals surface area contributed by atoms with Crippen LogP contribution < -0.4 is 0 Å². The van der Waals surface area contributed by atoms with Gasteiger partial charge in [0.25, 0.3) is 0 Å². The molecule has 1 fully saturated rings. The normalized spacial score (nSPS) is 16.1. The van der Waals surface area contributed by atoms with E-state index in [1.54, 1.807) is 0 Å². The van der Waals surface area contributed by atoms with Gasteiger partial charge in [-0.3, -0.25) is 0 Å². The van der Waals surface area contributed by atoms with Crippen LogP contribution in [0.4, 0.5) is 13.2 Å². The highest BCUT2D eigenvalue weighted by molar-refractivity contribution is 9.10. The van der Waals surface area contributed by atoms with Crippen LogP contribution in [0.5, 0.6) is 0 Å². The van der Waals surface area contributed by atoms with Crippen LogP contribution >= 0.6 is 15.9 Å². The molecule has 9 heteroatoms. The van der Waals surface area contributed by atoms with Gasteiger partial charge in [0.2, 0.25) is 0 Å². The molecule has 0 aliphatic carbocycles. The third-order valence-electron chi connectivity index (χ3n) is 4.70. The summed E-state index contributed by atoms with van der Waals surface area (Å²) in [5.41, 5.74) is 0.380. The average molecular weight is 481 g/mol. The molecule has 2 aromatic carbocycles. The smallest absolute Gasteiger partial charge is 0.360 e. The Hall–Kier alpha value is -2.65. The number of carbonyl (C=O) groups excluding carboxylic acids is 1. The van der Waals surface area contributed by atoms with Crippen molar-refractivity contribution in [1.82, 2.24) is 9.78 Å². The summed E-state index contributed by atoms with van der Waals surface area (Å²) < 4.78 is 53.7. The van der Waals surface area contributed by atoms with Gasteiger partial charge < -0.3 is 9.47 Å². The molecule has 0 amide bonds. The van der Waals surface area contributed by atoms with Gasteiger partial charge in [0, 0.05) is 18.2 Å². The van der Waals surface area contributed by atoms with Gasteiger partial charge in [0.05, 0.1) is 16.3 Å². The molecule has 1 aliphatic rings. The van der Waals surface area contributed by atoms with E-state index in [0.29, 0.717) is 12.2 Å². The third-order valence-corrected chi connectivity index (χ3v) is 5.45. The Labute approximate surface area is 178 Å². The first-order valence-electron chi connectivity index (χ1n) is 9.22. The number of hydrogen-bond acceptors (Lipinski definition) is 4. The molecule has 5 nitrogen and oxygen atoms in total. The Bertz CT molecular complexity index is 1080. The van der Waals surface area contributed by atoms with E-state index < -0.39 is 23.4 Å². The topological polar surface area (TPSA) is 53.4 Å². The predicted molar refractivity (Wildman–Crippen MR) is 106 cm³/mol. The Balaban J connectivity index is 1.77. The van der Waals surface area contributed by atoms with Crippen LogP contribution in [-0.2, 0) is 9.47 Å². The van der Waals surface area contributed by atoms with Crippen molar-refractivity contribution in [3.05, 3.63) is 70.1 Å². The second-order valence-electron chi connectivity index (χ2n) is 6.76. The highest BCUT2D eigenvalue weighted by atomic mass is 79.9. The third kappa shape index (κ3) is 4.13. The predicted octanol–water partition coefficient (Wildman–Crippen LogP) is 5.05. The van der Waals surface area contributed by atoms with Crippen molar-refractivity contribution in [3.8, 4) is 16.9 Å². The monoisotopic (exact) mass is 480 g/mol. The maximum atomic E-state index is 14.5. The van der Waals surface area contributed by atoms with Crippen LogP contribution in [0.2, 0.25) is 0 Å². The van der Waals surface area contributed by atoms with Crippen LogP contribution in [0.1, 0.15) is 23.3 Å². The highest BCUT2D eigenvalue weighted by Gasteiger charge is 2.27. The van der Waals surface area contributed by atoms with Gasteiger partial charge >= 0.3 is 5.97 Å². The molecule has 1 saturated heterocycles. The van der Waals surface area contributed by atoms with E-state index in [9.17, 15) is 18.0 Å². The minimum Gasteiger partial charge on any atom is -0.458 e. The first kappa shape index (κ1) is 20.6. The lowest BCUT2D eigenvalue weighted by Gasteiger charge is -2.09. The van der Waals surface area contributed by atoms with E-state index >= 15 is 0 Å². The number of rotatable bonds is 5. The Morgan fingerprint density at radius 1 is 1.17 bits per heavy atom. The van der Waals surface area contributed by atoms with E-state index in [0.717, 1.165) is 35.7 Å². The van der Waals surface area contributed by atoms with Crippen molar-refractivity contribution in [1.29, 1.82) is 0 Å². The summed E-state index contributed by atoms with van der Waals surface area (Å²) in [6.07, 6.45) is 1.51. The number of nitrogens with zero attached hydrogens (tertiary/aromatic N) is 2. The zero-order chi connectivity index (χ0) is 21.3. The number of ether oxygens (including phenoxy) is 2.